The maximum Gasteiger partial charge on any atom is 0.308 e. The molecule has 1 heterocycles. The molecular weight excluding hydrogens is 286 g/mol. The Morgan fingerprint density at radius 3 is 2.52 bits per heavy atom. The molecule has 2 N–H and O–H groups in total. The number of carbonyl (C=O) groups is 2. The predicted octanol–water partition coefficient (Wildman–Crippen LogP) is 3.17. The summed E-state index contributed by atoms with van der Waals surface area (Å²) in [5, 5.41) is 13.4. The number of rotatable bonds is 5. The number of amides is 1. The zero-order valence-electron chi connectivity index (χ0n) is 11.9. The molecule has 5 heteroatoms. The standard InChI is InChI=1S/C16H17NO3S/c1-10-3-5-12(6-4-10)13-7-8-21-14(13)15(18)17-9-11(2)16(19)20/h3-8,11H,9H2,1-2H3,(H,17,18)(H,19,20). The van der Waals surface area contributed by atoms with Crippen LogP contribution in [0.2, 0.25) is 0 Å². The number of carboxylic acids is 1. The van der Waals surface area contributed by atoms with Gasteiger partial charge in [-0.2, -0.15) is 0 Å². The number of nitrogens with one attached hydrogen (secondary N) is 1. The van der Waals surface area contributed by atoms with Crippen LogP contribution in [0.15, 0.2) is 35.7 Å². The Bertz CT molecular complexity index is 646. The molecule has 0 saturated heterocycles. The molecule has 1 atom stereocenters. The Balaban J connectivity index is 2.14. The summed E-state index contributed by atoms with van der Waals surface area (Å²) in [5.41, 5.74) is 3.02. The minimum Gasteiger partial charge on any atom is -0.481 e. The van der Waals surface area contributed by atoms with Crippen molar-refractivity contribution < 1.29 is 14.7 Å². The van der Waals surface area contributed by atoms with Gasteiger partial charge in [0.05, 0.1) is 10.8 Å². The van der Waals surface area contributed by atoms with E-state index in [2.05, 4.69) is 5.32 Å². The number of aliphatic carboxylic acids is 1. The second-order valence-electron chi connectivity index (χ2n) is 4.98. The first-order valence-electron chi connectivity index (χ1n) is 6.64. The van der Waals surface area contributed by atoms with Gasteiger partial charge in [-0.3, -0.25) is 9.59 Å². The number of carboxylic acid groups (broad SMARTS) is 1. The maximum atomic E-state index is 12.2. The molecule has 0 aliphatic carbocycles. The number of carbonyl (C=O) groups excluding carboxylic acids is 1. The van der Waals surface area contributed by atoms with Crippen molar-refractivity contribution >= 4 is 23.2 Å². The van der Waals surface area contributed by atoms with Crippen LogP contribution in [0, 0.1) is 12.8 Å². The van der Waals surface area contributed by atoms with Gasteiger partial charge < -0.3 is 10.4 Å². The lowest BCUT2D eigenvalue weighted by Crippen LogP contribution is -2.31. The minimum absolute atomic E-state index is 0.124. The van der Waals surface area contributed by atoms with E-state index in [1.165, 1.54) is 11.3 Å². The summed E-state index contributed by atoms with van der Waals surface area (Å²) in [5.74, 6) is -1.74. The van der Waals surface area contributed by atoms with Crippen LogP contribution in [0.4, 0.5) is 0 Å². The summed E-state index contributed by atoms with van der Waals surface area (Å²) >= 11 is 1.36. The van der Waals surface area contributed by atoms with E-state index >= 15 is 0 Å². The lowest BCUT2D eigenvalue weighted by Gasteiger charge is -2.09. The molecule has 1 amide bonds. The van der Waals surface area contributed by atoms with E-state index in [-0.39, 0.29) is 12.5 Å². The Kier molecular flexibility index (Phi) is 4.75. The van der Waals surface area contributed by atoms with Crippen LogP contribution in [0.25, 0.3) is 11.1 Å². The van der Waals surface area contributed by atoms with Gasteiger partial charge in [-0.1, -0.05) is 36.8 Å². The fraction of sp³-hybridized carbons (Fsp3) is 0.250. The van der Waals surface area contributed by atoms with Crippen LogP contribution in [0.1, 0.15) is 22.2 Å². The van der Waals surface area contributed by atoms with E-state index in [1.54, 1.807) is 6.92 Å². The van der Waals surface area contributed by atoms with Crippen LogP contribution in [0.5, 0.6) is 0 Å². The van der Waals surface area contributed by atoms with Gasteiger partial charge in [0.2, 0.25) is 0 Å². The summed E-state index contributed by atoms with van der Waals surface area (Å²) in [4.78, 5) is 23.6. The average molecular weight is 303 g/mol. The molecule has 0 aliphatic rings. The highest BCUT2D eigenvalue weighted by Crippen LogP contribution is 2.28. The fourth-order valence-corrected chi connectivity index (χ4v) is 2.69. The van der Waals surface area contributed by atoms with E-state index in [0.29, 0.717) is 4.88 Å². The number of benzene rings is 1. The van der Waals surface area contributed by atoms with Crippen LogP contribution in [-0.2, 0) is 4.79 Å². The predicted molar refractivity (Wildman–Crippen MR) is 83.6 cm³/mol. The summed E-state index contributed by atoms with van der Waals surface area (Å²) < 4.78 is 0. The van der Waals surface area contributed by atoms with Crippen LogP contribution < -0.4 is 5.32 Å². The van der Waals surface area contributed by atoms with Gasteiger partial charge in [0, 0.05) is 12.1 Å². The molecule has 21 heavy (non-hydrogen) atoms. The summed E-state index contributed by atoms with van der Waals surface area (Å²) in [6.07, 6.45) is 0. The second-order valence-corrected chi connectivity index (χ2v) is 5.89. The minimum atomic E-state index is -0.916. The topological polar surface area (TPSA) is 66.4 Å². The molecule has 0 radical (unpaired) electrons. The van der Waals surface area contributed by atoms with Gasteiger partial charge in [0.15, 0.2) is 0 Å². The van der Waals surface area contributed by atoms with Crippen LogP contribution >= 0.6 is 11.3 Å². The first-order valence-corrected chi connectivity index (χ1v) is 7.52. The summed E-state index contributed by atoms with van der Waals surface area (Å²) in [6.45, 7) is 3.70. The third kappa shape index (κ3) is 3.70. The molecule has 0 spiro atoms. The van der Waals surface area contributed by atoms with Gasteiger partial charge in [-0.25, -0.2) is 0 Å². The average Bonchev–Trinajstić information content (AvgIpc) is 2.94. The smallest absolute Gasteiger partial charge is 0.308 e. The van der Waals surface area contributed by atoms with Crippen molar-refractivity contribution in [2.45, 2.75) is 13.8 Å². The molecule has 110 valence electrons. The fourth-order valence-electron chi connectivity index (χ4n) is 1.86. The summed E-state index contributed by atoms with van der Waals surface area (Å²) in [6, 6.07) is 9.87. The van der Waals surface area contributed by atoms with E-state index in [9.17, 15) is 9.59 Å². The van der Waals surface area contributed by atoms with E-state index < -0.39 is 11.9 Å². The van der Waals surface area contributed by atoms with Crippen molar-refractivity contribution in [2.24, 2.45) is 5.92 Å². The van der Waals surface area contributed by atoms with Crippen molar-refractivity contribution in [3.63, 3.8) is 0 Å². The Labute approximate surface area is 127 Å². The first kappa shape index (κ1) is 15.3. The molecule has 0 saturated carbocycles. The molecule has 0 fully saturated rings. The van der Waals surface area contributed by atoms with Gasteiger partial charge in [-0.05, 0) is 23.9 Å². The third-order valence-corrected chi connectivity index (χ3v) is 4.14. The SMILES string of the molecule is Cc1ccc(-c2ccsc2C(=O)NCC(C)C(=O)O)cc1. The molecule has 0 aliphatic heterocycles. The third-order valence-electron chi connectivity index (χ3n) is 3.22. The monoisotopic (exact) mass is 303 g/mol. The molecule has 1 unspecified atom stereocenters. The number of thiophene rings is 1. The molecule has 2 aromatic rings. The zero-order chi connectivity index (χ0) is 15.4. The lowest BCUT2D eigenvalue weighted by atomic mass is 10.0. The molecule has 0 bridgehead atoms. The summed E-state index contributed by atoms with van der Waals surface area (Å²) in [7, 11) is 0. The molecule has 1 aromatic heterocycles. The van der Waals surface area contributed by atoms with Crippen molar-refractivity contribution in [1.29, 1.82) is 0 Å². The van der Waals surface area contributed by atoms with Crippen molar-refractivity contribution in [1.82, 2.24) is 5.32 Å². The highest BCUT2D eigenvalue weighted by Gasteiger charge is 2.17. The maximum absolute atomic E-state index is 12.2. The van der Waals surface area contributed by atoms with E-state index in [4.69, 9.17) is 5.11 Å². The van der Waals surface area contributed by atoms with Crippen LogP contribution in [0.3, 0.4) is 0 Å². The second kappa shape index (κ2) is 6.54. The quantitative estimate of drug-likeness (QED) is 0.891. The lowest BCUT2D eigenvalue weighted by molar-refractivity contribution is -0.140. The van der Waals surface area contributed by atoms with Crippen molar-refractivity contribution in [3.05, 3.63) is 46.2 Å². The number of hydrogen-bond acceptors (Lipinski definition) is 3. The molecule has 2 rings (SSSR count). The normalized spacial score (nSPS) is 11.9. The van der Waals surface area contributed by atoms with E-state index in [0.717, 1.165) is 16.7 Å². The van der Waals surface area contributed by atoms with Gasteiger partial charge >= 0.3 is 5.97 Å². The Hall–Kier alpha value is -2.14. The van der Waals surface area contributed by atoms with Gasteiger partial charge in [0.1, 0.15) is 0 Å². The Morgan fingerprint density at radius 1 is 1.24 bits per heavy atom. The zero-order valence-corrected chi connectivity index (χ0v) is 12.7. The van der Waals surface area contributed by atoms with Crippen molar-refractivity contribution in [3.8, 4) is 11.1 Å². The molecule has 1 aromatic carbocycles. The van der Waals surface area contributed by atoms with Crippen molar-refractivity contribution in [2.75, 3.05) is 6.54 Å². The number of aryl methyl sites for hydroxylation is 1. The highest BCUT2D eigenvalue weighted by molar-refractivity contribution is 7.12. The van der Waals surface area contributed by atoms with Gasteiger partial charge in [0.25, 0.3) is 5.91 Å². The number of hydrogen-bond donors (Lipinski definition) is 2. The highest BCUT2D eigenvalue weighted by atomic mass is 32.1. The van der Waals surface area contributed by atoms with Crippen LogP contribution in [-0.4, -0.2) is 23.5 Å². The first-order chi connectivity index (χ1) is 9.99. The molecule has 4 nitrogen and oxygen atoms in total. The Morgan fingerprint density at radius 2 is 1.90 bits per heavy atom. The molecular formula is C16H17NO3S. The van der Waals surface area contributed by atoms with E-state index in [1.807, 2.05) is 42.6 Å². The largest absolute Gasteiger partial charge is 0.481 e. The van der Waals surface area contributed by atoms with Gasteiger partial charge in [-0.15, -0.1) is 11.3 Å².